The van der Waals surface area contributed by atoms with Gasteiger partial charge in [0.1, 0.15) is 5.82 Å². The smallest absolute Gasteiger partial charge is 0.256 e. The Bertz CT molecular complexity index is 1010. The number of amides is 1. The number of carbonyl (C=O) groups excluding carboxylic acids is 1. The third kappa shape index (κ3) is 5.10. The maximum Gasteiger partial charge on any atom is 0.256 e. The highest BCUT2D eigenvalue weighted by Crippen LogP contribution is 2.28. The monoisotopic (exact) mass is 434 g/mol. The van der Waals surface area contributed by atoms with Crippen molar-refractivity contribution in [2.24, 2.45) is 0 Å². The van der Waals surface area contributed by atoms with Crippen LogP contribution in [0.25, 0.3) is 0 Å². The summed E-state index contributed by atoms with van der Waals surface area (Å²) in [5, 5.41) is 7.63. The molecule has 1 N–H and O–H groups in total. The molecular weight excluding hydrogens is 400 g/mol. The van der Waals surface area contributed by atoms with Gasteiger partial charge in [-0.15, -0.1) is 0 Å². The van der Waals surface area contributed by atoms with Crippen molar-refractivity contribution in [2.75, 3.05) is 12.4 Å². The number of benzene rings is 1. The van der Waals surface area contributed by atoms with Crippen molar-refractivity contribution in [3.05, 3.63) is 41.6 Å². The number of nitrogens with one attached hydrogen (secondary N) is 1. The lowest BCUT2D eigenvalue weighted by atomic mass is 9.92. The van der Waals surface area contributed by atoms with E-state index in [1.165, 1.54) is 28.6 Å². The summed E-state index contributed by atoms with van der Waals surface area (Å²) in [5.74, 6) is 0.288. The van der Waals surface area contributed by atoms with Gasteiger partial charge in [0, 0.05) is 30.1 Å². The van der Waals surface area contributed by atoms with Crippen LogP contribution in [-0.2, 0) is 21.0 Å². The van der Waals surface area contributed by atoms with Gasteiger partial charge in [0.15, 0.2) is 0 Å². The molecule has 0 fully saturated rings. The quantitative estimate of drug-likeness (QED) is 0.764. The Kier molecular flexibility index (Phi) is 6.54. The Morgan fingerprint density at radius 1 is 1.07 bits per heavy atom. The summed E-state index contributed by atoms with van der Waals surface area (Å²) in [7, 11) is -2.05. The maximum atomic E-state index is 12.8. The van der Waals surface area contributed by atoms with E-state index in [1.807, 2.05) is 45.4 Å². The zero-order valence-corrected chi connectivity index (χ0v) is 20.3. The zero-order valence-electron chi connectivity index (χ0n) is 19.4. The fourth-order valence-electron chi connectivity index (χ4n) is 2.76. The molecule has 1 aromatic carbocycles. The standard InChI is InChI=1S/C22H34N4O3S/c1-15(2)25(9)30(28,29)17-12-10-16(11-13-17)20(27)23-19-14-18(21(3,4)5)24-26(19)22(6,7)8/h10-15H,1-9H3,(H,23,27). The fourth-order valence-corrected chi connectivity index (χ4v) is 4.13. The van der Waals surface area contributed by atoms with Gasteiger partial charge in [-0.1, -0.05) is 20.8 Å². The molecule has 2 rings (SSSR count). The lowest BCUT2D eigenvalue weighted by molar-refractivity contribution is 0.102. The SMILES string of the molecule is CC(C)N(C)S(=O)(=O)c1ccc(C(=O)Nc2cc(C(C)(C)C)nn2C(C)(C)C)cc1. The second-order valence-corrected chi connectivity index (χ2v) is 11.8. The molecule has 1 aromatic heterocycles. The molecule has 8 heteroatoms. The molecule has 0 aliphatic rings. The summed E-state index contributed by atoms with van der Waals surface area (Å²) < 4.78 is 28.3. The number of aromatic nitrogens is 2. The first kappa shape index (κ1) is 24.1. The van der Waals surface area contributed by atoms with Gasteiger partial charge in [-0.25, -0.2) is 13.1 Å². The third-order valence-electron chi connectivity index (χ3n) is 4.88. The van der Waals surface area contributed by atoms with E-state index in [1.54, 1.807) is 7.05 Å². The topological polar surface area (TPSA) is 84.3 Å². The van der Waals surface area contributed by atoms with Crippen molar-refractivity contribution in [3.63, 3.8) is 0 Å². The van der Waals surface area contributed by atoms with Crippen LogP contribution in [0.2, 0.25) is 0 Å². The molecular formula is C22H34N4O3S. The summed E-state index contributed by atoms with van der Waals surface area (Å²) in [6.45, 7) is 15.9. The molecule has 0 aliphatic heterocycles. The minimum atomic E-state index is -3.59. The molecule has 1 heterocycles. The van der Waals surface area contributed by atoms with Gasteiger partial charge in [-0.05, 0) is 58.9 Å². The Balaban J connectivity index is 2.32. The summed E-state index contributed by atoms with van der Waals surface area (Å²) in [6.07, 6.45) is 0. The number of rotatable bonds is 5. The Morgan fingerprint density at radius 2 is 1.60 bits per heavy atom. The van der Waals surface area contributed by atoms with Crippen molar-refractivity contribution in [2.45, 2.75) is 77.3 Å². The van der Waals surface area contributed by atoms with Gasteiger partial charge < -0.3 is 5.32 Å². The normalized spacial score (nSPS) is 13.2. The molecule has 0 saturated carbocycles. The minimum Gasteiger partial charge on any atom is -0.307 e. The number of anilines is 1. The Morgan fingerprint density at radius 3 is 2.03 bits per heavy atom. The van der Waals surface area contributed by atoms with Crippen LogP contribution in [-0.4, -0.2) is 41.5 Å². The van der Waals surface area contributed by atoms with Crippen LogP contribution in [0.5, 0.6) is 0 Å². The molecule has 0 aliphatic carbocycles. The average molecular weight is 435 g/mol. The molecule has 0 radical (unpaired) electrons. The highest BCUT2D eigenvalue weighted by atomic mass is 32.2. The maximum absolute atomic E-state index is 12.8. The van der Waals surface area contributed by atoms with Crippen molar-refractivity contribution in [1.29, 1.82) is 0 Å². The first-order valence-electron chi connectivity index (χ1n) is 10.1. The molecule has 30 heavy (non-hydrogen) atoms. The van der Waals surface area contributed by atoms with Gasteiger partial charge in [0.25, 0.3) is 5.91 Å². The van der Waals surface area contributed by atoms with Crippen LogP contribution < -0.4 is 5.32 Å². The summed E-state index contributed by atoms with van der Waals surface area (Å²) in [4.78, 5) is 13.0. The first-order valence-corrected chi connectivity index (χ1v) is 11.5. The minimum absolute atomic E-state index is 0.157. The summed E-state index contributed by atoms with van der Waals surface area (Å²) >= 11 is 0. The highest BCUT2D eigenvalue weighted by molar-refractivity contribution is 7.89. The Hall–Kier alpha value is -2.19. The van der Waals surface area contributed by atoms with Crippen molar-refractivity contribution >= 4 is 21.7 Å². The number of hydrogen-bond acceptors (Lipinski definition) is 4. The van der Waals surface area contributed by atoms with E-state index in [4.69, 9.17) is 5.10 Å². The lowest BCUT2D eigenvalue weighted by Crippen LogP contribution is -2.33. The second kappa shape index (κ2) is 8.15. The predicted octanol–water partition coefficient (Wildman–Crippen LogP) is 4.22. The number of sulfonamides is 1. The van der Waals surface area contributed by atoms with E-state index in [9.17, 15) is 13.2 Å². The van der Waals surface area contributed by atoms with Crippen LogP contribution in [0.1, 0.15) is 71.4 Å². The molecule has 7 nitrogen and oxygen atoms in total. The predicted molar refractivity (Wildman–Crippen MR) is 120 cm³/mol. The summed E-state index contributed by atoms with van der Waals surface area (Å²) in [5.41, 5.74) is 0.783. The van der Waals surface area contributed by atoms with Crippen molar-refractivity contribution in [3.8, 4) is 0 Å². The molecule has 0 saturated heterocycles. The van der Waals surface area contributed by atoms with Gasteiger partial charge >= 0.3 is 0 Å². The van der Waals surface area contributed by atoms with E-state index >= 15 is 0 Å². The zero-order chi connectivity index (χ0) is 23.1. The van der Waals surface area contributed by atoms with Crippen LogP contribution in [0.4, 0.5) is 5.82 Å². The van der Waals surface area contributed by atoms with Crippen LogP contribution in [0, 0.1) is 0 Å². The second-order valence-electron chi connectivity index (χ2n) is 9.84. The van der Waals surface area contributed by atoms with Crippen molar-refractivity contribution < 1.29 is 13.2 Å². The first-order chi connectivity index (χ1) is 13.5. The fraction of sp³-hybridized carbons (Fsp3) is 0.545. The molecule has 0 spiro atoms. The van der Waals surface area contributed by atoms with Gasteiger partial charge in [-0.2, -0.15) is 9.40 Å². The molecule has 0 unspecified atom stereocenters. The van der Waals surface area contributed by atoms with E-state index < -0.39 is 10.0 Å². The van der Waals surface area contributed by atoms with E-state index in [0.29, 0.717) is 11.4 Å². The number of nitrogens with zero attached hydrogens (tertiary/aromatic N) is 3. The molecule has 166 valence electrons. The molecule has 0 atom stereocenters. The van der Waals surface area contributed by atoms with Crippen LogP contribution in [0.3, 0.4) is 0 Å². The largest absolute Gasteiger partial charge is 0.307 e. The average Bonchev–Trinajstić information content (AvgIpc) is 3.05. The van der Waals surface area contributed by atoms with Crippen LogP contribution in [0.15, 0.2) is 35.2 Å². The molecule has 2 aromatic rings. The van der Waals surface area contributed by atoms with E-state index in [0.717, 1.165) is 5.69 Å². The van der Waals surface area contributed by atoms with Crippen LogP contribution >= 0.6 is 0 Å². The summed E-state index contributed by atoms with van der Waals surface area (Å²) in [6, 6.07) is 7.71. The van der Waals surface area contributed by atoms with Gasteiger partial charge in [-0.3, -0.25) is 4.79 Å². The lowest BCUT2D eigenvalue weighted by Gasteiger charge is -2.23. The third-order valence-corrected chi connectivity index (χ3v) is 6.92. The number of carbonyl (C=O) groups is 1. The van der Waals surface area contributed by atoms with E-state index in [2.05, 4.69) is 26.1 Å². The highest BCUT2D eigenvalue weighted by Gasteiger charge is 2.27. The van der Waals surface area contributed by atoms with Crippen molar-refractivity contribution in [1.82, 2.24) is 14.1 Å². The molecule has 1 amide bonds. The van der Waals surface area contributed by atoms with Gasteiger partial charge in [0.2, 0.25) is 10.0 Å². The molecule has 0 bridgehead atoms. The number of hydrogen-bond donors (Lipinski definition) is 1. The van der Waals surface area contributed by atoms with E-state index in [-0.39, 0.29) is 27.8 Å². The van der Waals surface area contributed by atoms with Gasteiger partial charge in [0.05, 0.1) is 16.1 Å². The Labute approximate surface area is 180 Å².